The van der Waals surface area contributed by atoms with Crippen LogP contribution in [0, 0.1) is 0 Å². The van der Waals surface area contributed by atoms with Gasteiger partial charge < -0.3 is 18.9 Å². The SMILES string of the molecule is COCOc1cc2c(cc1S(=O)(=O)F)OCO2. The Labute approximate surface area is 97.1 Å². The van der Waals surface area contributed by atoms with Crippen LogP contribution < -0.4 is 14.2 Å². The maximum absolute atomic E-state index is 13.0. The van der Waals surface area contributed by atoms with Crippen molar-refractivity contribution in [1.29, 1.82) is 0 Å². The van der Waals surface area contributed by atoms with Crippen molar-refractivity contribution >= 4 is 10.2 Å². The second-order valence-corrected chi connectivity index (χ2v) is 4.46. The van der Waals surface area contributed by atoms with Crippen molar-refractivity contribution in [2.75, 3.05) is 20.7 Å². The molecule has 0 amide bonds. The fourth-order valence-electron chi connectivity index (χ4n) is 1.33. The molecule has 0 aromatic heterocycles. The van der Waals surface area contributed by atoms with E-state index in [0.717, 1.165) is 6.07 Å². The summed E-state index contributed by atoms with van der Waals surface area (Å²) in [6, 6.07) is 2.26. The molecule has 1 aromatic rings. The second-order valence-electron chi connectivity index (χ2n) is 3.14. The van der Waals surface area contributed by atoms with E-state index in [9.17, 15) is 12.3 Å². The molecule has 2 rings (SSSR count). The van der Waals surface area contributed by atoms with Crippen molar-refractivity contribution < 1.29 is 31.3 Å². The first-order valence-corrected chi connectivity index (χ1v) is 5.91. The van der Waals surface area contributed by atoms with E-state index in [-0.39, 0.29) is 25.1 Å². The summed E-state index contributed by atoms with van der Waals surface area (Å²) in [6.45, 7) is -0.253. The lowest BCUT2D eigenvalue weighted by Gasteiger charge is -2.09. The molecule has 0 fully saturated rings. The summed E-state index contributed by atoms with van der Waals surface area (Å²) in [4.78, 5) is -0.612. The van der Waals surface area contributed by atoms with Crippen LogP contribution in [0.4, 0.5) is 3.89 Å². The van der Waals surface area contributed by atoms with Crippen molar-refractivity contribution in [3.8, 4) is 17.2 Å². The molecule has 8 heteroatoms. The highest BCUT2D eigenvalue weighted by molar-refractivity contribution is 7.86. The van der Waals surface area contributed by atoms with E-state index < -0.39 is 15.1 Å². The predicted octanol–water partition coefficient (Wildman–Crippen LogP) is 1.06. The van der Waals surface area contributed by atoms with Gasteiger partial charge in [0.05, 0.1) is 0 Å². The van der Waals surface area contributed by atoms with Crippen molar-refractivity contribution in [1.82, 2.24) is 0 Å². The van der Waals surface area contributed by atoms with Gasteiger partial charge in [0.25, 0.3) is 0 Å². The molecule has 94 valence electrons. The zero-order valence-corrected chi connectivity index (χ0v) is 9.62. The monoisotopic (exact) mass is 264 g/mol. The van der Waals surface area contributed by atoms with Gasteiger partial charge in [0.1, 0.15) is 10.6 Å². The number of methoxy groups -OCH3 is 1. The molecule has 0 N–H and O–H groups in total. The number of halogens is 1. The Morgan fingerprint density at radius 2 is 2.00 bits per heavy atom. The van der Waals surface area contributed by atoms with Crippen LogP contribution >= 0.6 is 0 Å². The number of benzene rings is 1. The van der Waals surface area contributed by atoms with Crippen LogP contribution in [0.5, 0.6) is 17.2 Å². The van der Waals surface area contributed by atoms with Gasteiger partial charge in [-0.3, -0.25) is 0 Å². The van der Waals surface area contributed by atoms with Gasteiger partial charge in [-0.05, 0) is 0 Å². The summed E-state index contributed by atoms with van der Waals surface area (Å²) in [6.07, 6.45) is 0. The number of fused-ring (bicyclic) bond motifs is 1. The summed E-state index contributed by atoms with van der Waals surface area (Å²) in [5.74, 6) is 0.271. The zero-order chi connectivity index (χ0) is 12.5. The molecule has 6 nitrogen and oxygen atoms in total. The van der Waals surface area contributed by atoms with E-state index in [1.165, 1.54) is 13.2 Å². The summed E-state index contributed by atoms with van der Waals surface area (Å²) >= 11 is 0. The minimum absolute atomic E-state index is 0.0468. The first kappa shape index (κ1) is 11.9. The third-order valence-corrected chi connectivity index (χ3v) is 2.88. The quantitative estimate of drug-likeness (QED) is 0.598. The molecule has 1 aliphatic rings. The standard InChI is InChI=1S/C9H9FO6S/c1-13-4-14-8-2-6-7(16-5-15-6)3-9(8)17(10,11)12/h2-3H,4-5H2,1H3. The van der Waals surface area contributed by atoms with Crippen LogP contribution in [0.2, 0.25) is 0 Å². The molecular weight excluding hydrogens is 255 g/mol. The predicted molar refractivity (Wildman–Crippen MR) is 53.4 cm³/mol. The summed E-state index contributed by atoms with van der Waals surface area (Å²) < 4.78 is 54.5. The minimum atomic E-state index is -4.90. The van der Waals surface area contributed by atoms with Crippen molar-refractivity contribution in [2.24, 2.45) is 0 Å². The van der Waals surface area contributed by atoms with Crippen LogP contribution in [0.1, 0.15) is 0 Å². The third kappa shape index (κ3) is 2.42. The van der Waals surface area contributed by atoms with Crippen molar-refractivity contribution in [3.63, 3.8) is 0 Å². The molecule has 1 aromatic carbocycles. The molecule has 1 aliphatic heterocycles. The molecule has 0 saturated heterocycles. The van der Waals surface area contributed by atoms with Crippen molar-refractivity contribution in [2.45, 2.75) is 4.90 Å². The van der Waals surface area contributed by atoms with Crippen LogP contribution in [0.3, 0.4) is 0 Å². The normalized spacial score (nSPS) is 13.8. The Morgan fingerprint density at radius 1 is 1.35 bits per heavy atom. The van der Waals surface area contributed by atoms with Crippen LogP contribution in [0.25, 0.3) is 0 Å². The Hall–Kier alpha value is -1.54. The van der Waals surface area contributed by atoms with Gasteiger partial charge in [-0.25, -0.2) is 0 Å². The molecule has 0 bridgehead atoms. The Kier molecular flexibility index (Phi) is 3.07. The zero-order valence-electron chi connectivity index (χ0n) is 8.80. The first-order valence-electron chi connectivity index (χ1n) is 4.52. The van der Waals surface area contributed by atoms with E-state index >= 15 is 0 Å². The van der Waals surface area contributed by atoms with Gasteiger partial charge >= 0.3 is 10.2 Å². The highest BCUT2D eigenvalue weighted by atomic mass is 32.3. The van der Waals surface area contributed by atoms with Crippen LogP contribution in [0.15, 0.2) is 17.0 Å². The van der Waals surface area contributed by atoms with Gasteiger partial charge in [-0.15, -0.1) is 3.89 Å². The van der Waals surface area contributed by atoms with E-state index in [2.05, 4.69) is 4.74 Å². The highest BCUT2D eigenvalue weighted by Crippen LogP contribution is 2.40. The summed E-state index contributed by atoms with van der Waals surface area (Å²) in [7, 11) is -3.54. The largest absolute Gasteiger partial charge is 0.466 e. The van der Waals surface area contributed by atoms with Gasteiger partial charge in [0, 0.05) is 19.2 Å². The molecule has 0 radical (unpaired) electrons. The van der Waals surface area contributed by atoms with Crippen molar-refractivity contribution in [3.05, 3.63) is 12.1 Å². The van der Waals surface area contributed by atoms with Gasteiger partial charge in [0.15, 0.2) is 18.3 Å². The molecule has 0 spiro atoms. The van der Waals surface area contributed by atoms with E-state index in [0.29, 0.717) is 5.75 Å². The lowest BCUT2D eigenvalue weighted by molar-refractivity contribution is 0.0488. The number of hydrogen-bond donors (Lipinski definition) is 0. The third-order valence-electron chi connectivity index (χ3n) is 2.03. The lowest BCUT2D eigenvalue weighted by atomic mass is 10.3. The topological polar surface area (TPSA) is 71.1 Å². The molecule has 0 unspecified atom stereocenters. The smallest absolute Gasteiger partial charge is 0.335 e. The Bertz CT molecular complexity index is 527. The average Bonchev–Trinajstić information content (AvgIpc) is 2.70. The lowest BCUT2D eigenvalue weighted by Crippen LogP contribution is -2.03. The van der Waals surface area contributed by atoms with Gasteiger partial charge in [0.2, 0.25) is 6.79 Å². The van der Waals surface area contributed by atoms with Gasteiger partial charge in [-0.1, -0.05) is 0 Å². The average molecular weight is 264 g/mol. The highest BCUT2D eigenvalue weighted by Gasteiger charge is 2.25. The maximum Gasteiger partial charge on any atom is 0.335 e. The Morgan fingerprint density at radius 3 is 2.59 bits per heavy atom. The number of ether oxygens (including phenoxy) is 4. The molecular formula is C9H9FO6S. The fourth-order valence-corrected chi connectivity index (χ4v) is 1.94. The second kappa shape index (κ2) is 4.38. The molecule has 0 aliphatic carbocycles. The summed E-state index contributed by atoms with van der Waals surface area (Å²) in [5, 5.41) is 0. The maximum atomic E-state index is 13.0. The molecule has 1 heterocycles. The van der Waals surface area contributed by atoms with Gasteiger partial charge in [-0.2, -0.15) is 8.42 Å². The fraction of sp³-hybridized carbons (Fsp3) is 0.333. The van der Waals surface area contributed by atoms with Crippen LogP contribution in [-0.2, 0) is 15.0 Å². The Balaban J connectivity index is 2.47. The molecule has 0 saturated carbocycles. The minimum Gasteiger partial charge on any atom is -0.466 e. The molecule has 17 heavy (non-hydrogen) atoms. The van der Waals surface area contributed by atoms with Crippen LogP contribution in [-0.4, -0.2) is 29.1 Å². The van der Waals surface area contributed by atoms with E-state index in [1.807, 2.05) is 0 Å². The molecule has 0 atom stereocenters. The summed E-state index contributed by atoms with van der Waals surface area (Å²) in [5.41, 5.74) is 0. The van der Waals surface area contributed by atoms with E-state index in [1.54, 1.807) is 0 Å². The number of rotatable bonds is 4. The number of hydrogen-bond acceptors (Lipinski definition) is 6. The van der Waals surface area contributed by atoms with E-state index in [4.69, 9.17) is 14.2 Å². The first-order chi connectivity index (χ1) is 8.02.